The first kappa shape index (κ1) is 23.0. The molecule has 0 fully saturated rings. The van der Waals surface area contributed by atoms with Gasteiger partial charge in [0.05, 0.1) is 0 Å². The van der Waals surface area contributed by atoms with E-state index >= 15 is 0 Å². The summed E-state index contributed by atoms with van der Waals surface area (Å²) in [4.78, 5) is 18.7. The highest BCUT2D eigenvalue weighted by Crippen LogP contribution is 2.24. The molecule has 1 aromatic rings. The van der Waals surface area contributed by atoms with E-state index in [0.29, 0.717) is 19.3 Å². The van der Waals surface area contributed by atoms with E-state index in [1.165, 1.54) is 7.11 Å². The molecule has 150 valence electrons. The van der Waals surface area contributed by atoms with E-state index in [9.17, 15) is 31.5 Å². The third-order valence-electron chi connectivity index (χ3n) is 4.31. The van der Waals surface area contributed by atoms with Crippen LogP contribution in [0.4, 0.5) is 22.0 Å². The number of rotatable bonds is 12. The van der Waals surface area contributed by atoms with Gasteiger partial charge in [-0.1, -0.05) is 38.5 Å². The Hall–Kier alpha value is -1.03. The Kier molecular flexibility index (Phi) is 9.70. The summed E-state index contributed by atoms with van der Waals surface area (Å²) in [5, 5.41) is 0. The molecule has 0 saturated carbocycles. The minimum atomic E-state index is -3.45. The zero-order valence-corrected chi connectivity index (χ0v) is 15.8. The van der Waals surface area contributed by atoms with Crippen LogP contribution in [-0.2, 0) is 10.8 Å². The van der Waals surface area contributed by atoms with Gasteiger partial charge < -0.3 is 14.0 Å². The largest absolute Gasteiger partial charge is 0.495 e. The van der Waals surface area contributed by atoms with E-state index in [1.54, 1.807) is 0 Å². The molecule has 0 aliphatic rings. The predicted molar refractivity (Wildman–Crippen MR) is 88.9 cm³/mol. The molecule has 2 N–H and O–H groups in total. The fraction of sp³-hybridized carbons (Fsp3) is 0.647. The van der Waals surface area contributed by atoms with E-state index in [2.05, 4.69) is 4.43 Å². The fourth-order valence-electron chi connectivity index (χ4n) is 2.69. The Bertz CT molecular complexity index is 555. The third-order valence-corrected chi connectivity index (χ3v) is 5.97. The maximum Gasteiger partial charge on any atom is 0.495 e. The van der Waals surface area contributed by atoms with Crippen LogP contribution in [0.15, 0.2) is 0 Å². The van der Waals surface area contributed by atoms with Crippen molar-refractivity contribution < 1.29 is 36.0 Å². The van der Waals surface area contributed by atoms with Gasteiger partial charge in [0.2, 0.25) is 5.82 Å². The summed E-state index contributed by atoms with van der Waals surface area (Å²) in [6.45, 7) is 0. The van der Waals surface area contributed by atoms with Crippen molar-refractivity contribution in [2.45, 2.75) is 63.8 Å². The van der Waals surface area contributed by atoms with Crippen LogP contribution in [0.3, 0.4) is 0 Å². The van der Waals surface area contributed by atoms with E-state index < -0.39 is 43.5 Å². The zero-order chi connectivity index (χ0) is 19.7. The standard InChI is InChI=1S/C17H25F5O3Si/c1-25-26(23,24)11-9-7-5-3-2-4-6-8-10-12-13(18)15(20)17(22)16(21)14(12)19/h23-24H,2-11H2,1H3. The van der Waals surface area contributed by atoms with Gasteiger partial charge in [0.1, 0.15) is 0 Å². The Labute approximate surface area is 151 Å². The maximum absolute atomic E-state index is 13.5. The second-order valence-corrected chi connectivity index (χ2v) is 8.72. The number of halogens is 5. The highest BCUT2D eigenvalue weighted by atomic mass is 28.4. The molecule has 0 bridgehead atoms. The van der Waals surface area contributed by atoms with Gasteiger partial charge in [0.15, 0.2) is 23.3 Å². The van der Waals surface area contributed by atoms with Crippen LogP contribution in [0.5, 0.6) is 0 Å². The maximum atomic E-state index is 13.5. The van der Waals surface area contributed by atoms with Crippen LogP contribution in [-0.4, -0.2) is 25.5 Å². The lowest BCUT2D eigenvalue weighted by molar-refractivity contribution is 0.183. The van der Waals surface area contributed by atoms with Crippen molar-refractivity contribution in [2.24, 2.45) is 0 Å². The summed E-state index contributed by atoms with van der Waals surface area (Å²) in [5.41, 5.74) is -0.750. The highest BCUT2D eigenvalue weighted by Gasteiger charge is 2.29. The van der Waals surface area contributed by atoms with Gasteiger partial charge in [0, 0.05) is 18.7 Å². The molecular weight excluding hydrogens is 375 g/mol. The topological polar surface area (TPSA) is 49.7 Å². The first-order valence-corrected chi connectivity index (χ1v) is 10.7. The average molecular weight is 400 g/mol. The molecule has 0 aromatic heterocycles. The van der Waals surface area contributed by atoms with Gasteiger partial charge in [0.25, 0.3) is 0 Å². The van der Waals surface area contributed by atoms with Crippen LogP contribution in [0.25, 0.3) is 0 Å². The molecule has 0 unspecified atom stereocenters. The van der Waals surface area contributed by atoms with Gasteiger partial charge in [-0.25, -0.2) is 22.0 Å². The summed E-state index contributed by atoms with van der Waals surface area (Å²) in [5.74, 6) is -9.42. The van der Waals surface area contributed by atoms with Gasteiger partial charge >= 0.3 is 8.80 Å². The van der Waals surface area contributed by atoms with Crippen molar-refractivity contribution in [3.05, 3.63) is 34.6 Å². The average Bonchev–Trinajstić information content (AvgIpc) is 2.62. The predicted octanol–water partition coefficient (Wildman–Crippen LogP) is 4.62. The molecule has 1 rings (SSSR count). The van der Waals surface area contributed by atoms with Crippen molar-refractivity contribution in [3.63, 3.8) is 0 Å². The van der Waals surface area contributed by atoms with Crippen molar-refractivity contribution in [2.75, 3.05) is 7.11 Å². The van der Waals surface area contributed by atoms with Crippen molar-refractivity contribution >= 4 is 8.80 Å². The monoisotopic (exact) mass is 400 g/mol. The third kappa shape index (κ3) is 6.94. The molecule has 0 aliphatic carbocycles. The molecule has 0 heterocycles. The summed E-state index contributed by atoms with van der Waals surface area (Å²) in [6.07, 6.45) is 5.85. The smallest absolute Gasteiger partial charge is 0.390 e. The first-order chi connectivity index (χ1) is 12.2. The molecule has 1 aromatic carbocycles. The Balaban J connectivity index is 2.19. The second kappa shape index (κ2) is 11.0. The van der Waals surface area contributed by atoms with E-state index in [1.807, 2.05) is 0 Å². The van der Waals surface area contributed by atoms with Crippen molar-refractivity contribution in [1.82, 2.24) is 0 Å². The summed E-state index contributed by atoms with van der Waals surface area (Å²) in [7, 11) is -2.18. The molecule has 0 radical (unpaired) electrons. The summed E-state index contributed by atoms with van der Waals surface area (Å²) in [6, 6.07) is 0.269. The van der Waals surface area contributed by atoms with Gasteiger partial charge in [-0.3, -0.25) is 0 Å². The quantitative estimate of drug-likeness (QED) is 0.177. The molecule has 0 atom stereocenters. The molecule has 0 amide bonds. The Morgan fingerprint density at radius 3 is 1.50 bits per heavy atom. The SMILES string of the molecule is CO[Si](O)(O)CCCCCCCCCCc1c(F)c(F)c(F)c(F)c1F. The normalized spacial score (nSPS) is 12.0. The lowest BCUT2D eigenvalue weighted by Crippen LogP contribution is -2.37. The lowest BCUT2D eigenvalue weighted by atomic mass is 10.0. The Morgan fingerprint density at radius 1 is 0.654 bits per heavy atom. The van der Waals surface area contributed by atoms with Crippen LogP contribution >= 0.6 is 0 Å². The van der Waals surface area contributed by atoms with Crippen LogP contribution in [0, 0.1) is 29.1 Å². The van der Waals surface area contributed by atoms with E-state index in [-0.39, 0.29) is 12.5 Å². The zero-order valence-electron chi connectivity index (χ0n) is 14.8. The van der Waals surface area contributed by atoms with Crippen molar-refractivity contribution in [1.29, 1.82) is 0 Å². The molecule has 0 aliphatic heterocycles. The molecular formula is C17H25F5O3Si. The first-order valence-electron chi connectivity index (χ1n) is 8.71. The second-order valence-electron chi connectivity index (χ2n) is 6.32. The summed E-state index contributed by atoms with van der Waals surface area (Å²) >= 11 is 0. The molecule has 26 heavy (non-hydrogen) atoms. The lowest BCUT2D eigenvalue weighted by Gasteiger charge is -2.13. The molecule has 0 spiro atoms. The van der Waals surface area contributed by atoms with E-state index in [4.69, 9.17) is 0 Å². The van der Waals surface area contributed by atoms with E-state index in [0.717, 1.165) is 32.1 Å². The minimum absolute atomic E-state index is 0.192. The molecule has 0 saturated heterocycles. The van der Waals surface area contributed by atoms with Gasteiger partial charge in [-0.05, 0) is 19.3 Å². The Morgan fingerprint density at radius 2 is 1.04 bits per heavy atom. The van der Waals surface area contributed by atoms with Crippen LogP contribution in [0.2, 0.25) is 6.04 Å². The number of hydrogen-bond acceptors (Lipinski definition) is 3. The number of benzene rings is 1. The number of unbranched alkanes of at least 4 members (excludes halogenated alkanes) is 7. The van der Waals surface area contributed by atoms with Gasteiger partial charge in [-0.15, -0.1) is 0 Å². The summed E-state index contributed by atoms with van der Waals surface area (Å²) < 4.78 is 70.7. The highest BCUT2D eigenvalue weighted by molar-refractivity contribution is 6.57. The molecule has 3 nitrogen and oxygen atoms in total. The van der Waals surface area contributed by atoms with Crippen LogP contribution < -0.4 is 0 Å². The number of hydrogen-bond donors (Lipinski definition) is 2. The van der Waals surface area contributed by atoms with Crippen LogP contribution in [0.1, 0.15) is 56.9 Å². The van der Waals surface area contributed by atoms with Gasteiger partial charge in [-0.2, -0.15) is 0 Å². The molecule has 9 heteroatoms. The minimum Gasteiger partial charge on any atom is -0.390 e. The fourth-order valence-corrected chi connectivity index (χ4v) is 3.60. The van der Waals surface area contributed by atoms with Crippen molar-refractivity contribution in [3.8, 4) is 0 Å².